The highest BCUT2D eigenvalue weighted by atomic mass is 19.4. The van der Waals surface area contributed by atoms with E-state index < -0.39 is 64.8 Å². The molecule has 0 radical (unpaired) electrons. The fourth-order valence-electron chi connectivity index (χ4n) is 2.12. The molecule has 1 aliphatic carbocycles. The van der Waals surface area contributed by atoms with Crippen LogP contribution in [-0.4, -0.2) is 41.7 Å². The lowest BCUT2D eigenvalue weighted by Gasteiger charge is -2.40. The molecule has 0 fully saturated rings. The van der Waals surface area contributed by atoms with Gasteiger partial charge in [0.2, 0.25) is 0 Å². The summed E-state index contributed by atoms with van der Waals surface area (Å²) in [6.45, 7) is 0. The molecule has 0 nitrogen and oxygen atoms in total. The van der Waals surface area contributed by atoms with E-state index in [1.54, 1.807) is 0 Å². The third kappa shape index (κ3) is 2.87. The quantitative estimate of drug-likeness (QED) is 0.398. The summed E-state index contributed by atoms with van der Waals surface area (Å²) in [6, 6.07) is 0. The first kappa shape index (κ1) is 25.3. The van der Waals surface area contributed by atoms with Crippen molar-refractivity contribution < 1.29 is 79.0 Å². The molecule has 0 amide bonds. The van der Waals surface area contributed by atoms with Gasteiger partial charge in [-0.05, 0) is 0 Å². The maximum atomic E-state index is 13.7. The monoisotopic (exact) mass is 474 g/mol. The summed E-state index contributed by atoms with van der Waals surface area (Å²) >= 11 is 0. The Kier molecular flexibility index (Phi) is 5.33. The third-order valence-electron chi connectivity index (χ3n) is 3.56. The van der Waals surface area contributed by atoms with Crippen molar-refractivity contribution in [3.8, 4) is 0 Å². The van der Waals surface area contributed by atoms with Gasteiger partial charge in [0.05, 0.1) is 5.57 Å². The smallest absolute Gasteiger partial charge is 0.216 e. The Balaban J connectivity index is 4.04. The summed E-state index contributed by atoms with van der Waals surface area (Å²) in [5.74, 6) is -34.6. The molecular weight excluding hydrogens is 474 g/mol. The van der Waals surface area contributed by atoms with Crippen molar-refractivity contribution in [2.75, 3.05) is 0 Å². The number of hydrogen-bond acceptors (Lipinski definition) is 0. The zero-order valence-corrected chi connectivity index (χ0v) is 12.3. The summed E-state index contributed by atoms with van der Waals surface area (Å²) in [5, 5.41) is 0. The first-order valence-corrected chi connectivity index (χ1v) is 6.15. The van der Waals surface area contributed by atoms with Gasteiger partial charge >= 0.3 is 41.7 Å². The van der Waals surface area contributed by atoms with Crippen LogP contribution in [0.15, 0.2) is 23.1 Å². The molecule has 0 aromatic heterocycles. The molecule has 0 aromatic rings. The summed E-state index contributed by atoms with van der Waals surface area (Å²) in [6.07, 6.45) is -20.6. The van der Waals surface area contributed by atoms with Crippen molar-refractivity contribution in [3.63, 3.8) is 0 Å². The highest BCUT2D eigenvalue weighted by molar-refractivity contribution is 5.55. The highest BCUT2D eigenvalue weighted by Gasteiger charge is 2.92. The van der Waals surface area contributed by atoms with Crippen LogP contribution in [0.2, 0.25) is 0 Å². The average molecular weight is 474 g/mol. The Labute approximate surface area is 145 Å². The number of allylic oxidation sites excluding steroid dienone is 3. The molecule has 0 saturated heterocycles. The first-order valence-electron chi connectivity index (χ1n) is 6.15. The molecule has 0 N–H and O–H groups in total. The van der Waals surface area contributed by atoms with Gasteiger partial charge in [0.1, 0.15) is 5.57 Å². The second kappa shape index (κ2) is 6.12. The summed E-state index contributed by atoms with van der Waals surface area (Å²) in [4.78, 5) is 0. The number of rotatable bonds is 3. The van der Waals surface area contributed by atoms with Crippen molar-refractivity contribution >= 4 is 0 Å². The van der Waals surface area contributed by atoms with Gasteiger partial charge in [0.15, 0.2) is 5.83 Å². The summed E-state index contributed by atoms with van der Waals surface area (Å²) in [7, 11) is 0. The number of alkyl halides is 15. The van der Waals surface area contributed by atoms with Crippen molar-refractivity contribution in [2.24, 2.45) is 0 Å². The second-order valence-electron chi connectivity index (χ2n) is 5.28. The Morgan fingerprint density at radius 1 is 0.621 bits per heavy atom. The lowest BCUT2D eigenvalue weighted by Crippen LogP contribution is -2.70. The Morgan fingerprint density at radius 2 is 0.966 bits per heavy atom. The van der Waals surface area contributed by atoms with Crippen molar-refractivity contribution in [1.82, 2.24) is 0 Å². The average Bonchev–Trinajstić information content (AvgIpc) is 2.60. The first-order chi connectivity index (χ1) is 12.3. The molecule has 29 heavy (non-hydrogen) atoms. The van der Waals surface area contributed by atoms with E-state index >= 15 is 0 Å². The molecule has 0 heterocycles. The standard InChI is InChI=1S/C11F18/c12-3-1(2(4(13)14)5(15,16)7(3,19)20)6(17,18)9(22,23)8(21,10(24,25)26)11(27,28)29. The minimum Gasteiger partial charge on any atom is -0.216 e. The molecule has 0 spiro atoms. The minimum absolute atomic E-state index is 4.32. The fraction of sp³-hybridized carbons (Fsp3) is 0.636. The van der Waals surface area contributed by atoms with E-state index in [-0.39, 0.29) is 0 Å². The van der Waals surface area contributed by atoms with E-state index in [0.717, 1.165) is 0 Å². The van der Waals surface area contributed by atoms with Gasteiger partial charge in [-0.1, -0.05) is 0 Å². The summed E-state index contributed by atoms with van der Waals surface area (Å²) < 4.78 is 232. The maximum Gasteiger partial charge on any atom is 0.438 e. The van der Waals surface area contributed by atoms with E-state index in [1.165, 1.54) is 0 Å². The number of halogens is 18. The van der Waals surface area contributed by atoms with Crippen LogP contribution in [0.1, 0.15) is 0 Å². The van der Waals surface area contributed by atoms with Gasteiger partial charge in [-0.15, -0.1) is 0 Å². The number of hydrogen-bond donors (Lipinski definition) is 0. The maximum absolute atomic E-state index is 13.7. The predicted octanol–water partition coefficient (Wildman–Crippen LogP) is 6.75. The van der Waals surface area contributed by atoms with Crippen molar-refractivity contribution in [1.29, 1.82) is 0 Å². The van der Waals surface area contributed by atoms with Crippen LogP contribution in [0.5, 0.6) is 0 Å². The molecule has 0 aromatic carbocycles. The zero-order chi connectivity index (χ0) is 23.8. The normalized spacial score (nSPS) is 21.1. The van der Waals surface area contributed by atoms with Crippen LogP contribution in [-0.2, 0) is 0 Å². The lowest BCUT2D eigenvalue weighted by molar-refractivity contribution is -0.421. The van der Waals surface area contributed by atoms with E-state index in [2.05, 4.69) is 0 Å². The van der Waals surface area contributed by atoms with Crippen LogP contribution in [0.3, 0.4) is 0 Å². The van der Waals surface area contributed by atoms with Gasteiger partial charge in [-0.25, -0.2) is 8.78 Å². The van der Waals surface area contributed by atoms with Crippen LogP contribution < -0.4 is 0 Å². The fourth-order valence-corrected chi connectivity index (χ4v) is 2.12. The summed E-state index contributed by atoms with van der Waals surface area (Å²) in [5.41, 5.74) is -17.3. The topological polar surface area (TPSA) is 0 Å². The third-order valence-corrected chi connectivity index (χ3v) is 3.56. The van der Waals surface area contributed by atoms with E-state index in [4.69, 9.17) is 0 Å². The Bertz CT molecular complexity index is 725. The largest absolute Gasteiger partial charge is 0.438 e. The Morgan fingerprint density at radius 3 is 1.24 bits per heavy atom. The molecule has 0 unspecified atom stereocenters. The molecule has 0 aliphatic heterocycles. The molecule has 1 aliphatic rings. The Hall–Kier alpha value is -1.78. The van der Waals surface area contributed by atoms with Crippen LogP contribution in [0.4, 0.5) is 79.0 Å². The van der Waals surface area contributed by atoms with E-state index in [0.29, 0.717) is 0 Å². The van der Waals surface area contributed by atoms with E-state index in [1.807, 2.05) is 0 Å². The van der Waals surface area contributed by atoms with E-state index in [9.17, 15) is 79.0 Å². The highest BCUT2D eigenvalue weighted by Crippen LogP contribution is 2.66. The van der Waals surface area contributed by atoms with Crippen molar-refractivity contribution in [2.45, 2.75) is 41.7 Å². The van der Waals surface area contributed by atoms with Gasteiger partial charge in [0, 0.05) is 0 Å². The SMILES string of the molecule is FC(F)=C1C(C(F)(F)C(F)(F)C(F)(C(F)(F)F)C(F)(F)F)=C(F)C(F)(F)C1(F)F. The van der Waals surface area contributed by atoms with Crippen molar-refractivity contribution in [3.05, 3.63) is 23.1 Å². The molecule has 18 heteroatoms. The van der Waals surface area contributed by atoms with Gasteiger partial charge < -0.3 is 0 Å². The van der Waals surface area contributed by atoms with Gasteiger partial charge in [-0.2, -0.15) is 70.2 Å². The zero-order valence-electron chi connectivity index (χ0n) is 12.3. The predicted molar refractivity (Wildman–Crippen MR) is 53.1 cm³/mol. The molecule has 1 rings (SSSR count). The molecule has 0 saturated carbocycles. The molecule has 0 bridgehead atoms. The molecular formula is C11F18. The second-order valence-corrected chi connectivity index (χ2v) is 5.28. The van der Waals surface area contributed by atoms with Gasteiger partial charge in [-0.3, -0.25) is 0 Å². The lowest BCUT2D eigenvalue weighted by atomic mass is 9.85. The van der Waals surface area contributed by atoms with Gasteiger partial charge in [0.25, 0.3) is 6.08 Å². The molecule has 0 atom stereocenters. The van der Waals surface area contributed by atoms with Crippen LogP contribution in [0, 0.1) is 0 Å². The molecule has 170 valence electrons. The van der Waals surface area contributed by atoms with Crippen LogP contribution >= 0.6 is 0 Å². The minimum atomic E-state index is -8.42. The van der Waals surface area contributed by atoms with Crippen LogP contribution in [0.25, 0.3) is 0 Å².